The van der Waals surface area contributed by atoms with Gasteiger partial charge in [0.1, 0.15) is 5.75 Å². The molecule has 0 aliphatic carbocycles. The quantitative estimate of drug-likeness (QED) is 0.712. The third-order valence-corrected chi connectivity index (χ3v) is 5.81. The molecule has 0 N–H and O–H groups in total. The zero-order valence-electron chi connectivity index (χ0n) is 14.2. The van der Waals surface area contributed by atoms with E-state index in [4.69, 9.17) is 4.74 Å². The van der Waals surface area contributed by atoms with E-state index in [1.165, 1.54) is 21.4 Å². The van der Waals surface area contributed by atoms with Crippen LogP contribution < -0.4 is 4.74 Å². The molecule has 1 aromatic heterocycles. The van der Waals surface area contributed by atoms with Crippen molar-refractivity contribution in [1.29, 1.82) is 0 Å². The van der Waals surface area contributed by atoms with Crippen molar-refractivity contribution in [3.63, 3.8) is 0 Å². The van der Waals surface area contributed by atoms with Gasteiger partial charge in [0.15, 0.2) is 0 Å². The van der Waals surface area contributed by atoms with Crippen LogP contribution in [0.1, 0.15) is 23.6 Å². The molecule has 3 nitrogen and oxygen atoms in total. The van der Waals surface area contributed by atoms with E-state index in [0.29, 0.717) is 6.04 Å². The van der Waals surface area contributed by atoms with Gasteiger partial charge < -0.3 is 4.74 Å². The second-order valence-electron chi connectivity index (χ2n) is 6.56. The van der Waals surface area contributed by atoms with E-state index >= 15 is 0 Å². The highest BCUT2D eigenvalue weighted by Crippen LogP contribution is 2.26. The fourth-order valence-electron chi connectivity index (χ4n) is 3.56. The van der Waals surface area contributed by atoms with Gasteiger partial charge >= 0.3 is 0 Å². The second kappa shape index (κ2) is 6.54. The zero-order valence-corrected chi connectivity index (χ0v) is 15.0. The predicted octanol–water partition coefficient (Wildman–Crippen LogP) is 4.29. The van der Waals surface area contributed by atoms with Crippen molar-refractivity contribution in [2.24, 2.45) is 0 Å². The summed E-state index contributed by atoms with van der Waals surface area (Å²) >= 11 is 1.70. The molecule has 1 atom stereocenters. The van der Waals surface area contributed by atoms with Gasteiger partial charge in [0.25, 0.3) is 0 Å². The van der Waals surface area contributed by atoms with E-state index in [1.54, 1.807) is 18.4 Å². The lowest BCUT2D eigenvalue weighted by molar-refractivity contribution is 0.208. The van der Waals surface area contributed by atoms with Crippen molar-refractivity contribution in [1.82, 2.24) is 9.88 Å². The van der Waals surface area contributed by atoms with E-state index in [0.717, 1.165) is 37.2 Å². The third kappa shape index (κ3) is 3.04. The van der Waals surface area contributed by atoms with Gasteiger partial charge in [0.2, 0.25) is 0 Å². The SMILES string of the molecule is COc1ccc2c(c1)CCN(Cc1ccc3scnc3c1)C(C)C2. The predicted molar refractivity (Wildman–Crippen MR) is 99.9 cm³/mol. The second-order valence-corrected chi connectivity index (χ2v) is 7.45. The number of aromatic nitrogens is 1. The highest BCUT2D eigenvalue weighted by molar-refractivity contribution is 7.16. The van der Waals surface area contributed by atoms with Crippen LogP contribution in [0.15, 0.2) is 41.9 Å². The Bertz CT molecular complexity index is 858. The molecule has 0 amide bonds. The Labute approximate surface area is 146 Å². The molecule has 0 saturated heterocycles. The van der Waals surface area contributed by atoms with Crippen molar-refractivity contribution in [2.75, 3.05) is 13.7 Å². The molecule has 0 fully saturated rings. The standard InChI is InChI=1S/C20H22N2OS/c1-14-9-16-4-5-18(23-2)11-17(16)7-8-22(14)12-15-3-6-20-19(10-15)21-13-24-20/h3-6,10-11,13-14H,7-9,12H2,1-2H3. The minimum absolute atomic E-state index is 0.533. The maximum atomic E-state index is 5.38. The van der Waals surface area contributed by atoms with Crippen LogP contribution in [0.4, 0.5) is 0 Å². The Morgan fingerprint density at radius 1 is 1.21 bits per heavy atom. The van der Waals surface area contributed by atoms with Gasteiger partial charge in [0.05, 0.1) is 22.8 Å². The van der Waals surface area contributed by atoms with Gasteiger partial charge in [0, 0.05) is 19.1 Å². The van der Waals surface area contributed by atoms with Crippen LogP contribution >= 0.6 is 11.3 Å². The molecule has 1 unspecified atom stereocenters. The molecule has 4 heteroatoms. The Morgan fingerprint density at radius 3 is 3.00 bits per heavy atom. The zero-order chi connectivity index (χ0) is 16.5. The minimum Gasteiger partial charge on any atom is -0.497 e. The van der Waals surface area contributed by atoms with Crippen molar-refractivity contribution in [3.8, 4) is 5.75 Å². The van der Waals surface area contributed by atoms with Gasteiger partial charge in [-0.1, -0.05) is 12.1 Å². The number of rotatable bonds is 3. The van der Waals surface area contributed by atoms with Crippen molar-refractivity contribution in [2.45, 2.75) is 32.4 Å². The first-order valence-corrected chi connectivity index (χ1v) is 9.33. The average Bonchev–Trinajstić information content (AvgIpc) is 3.01. The van der Waals surface area contributed by atoms with Crippen LogP contribution in [-0.4, -0.2) is 29.6 Å². The van der Waals surface area contributed by atoms with E-state index in [9.17, 15) is 0 Å². The molecule has 0 spiro atoms. The van der Waals surface area contributed by atoms with Crippen LogP contribution in [0.3, 0.4) is 0 Å². The largest absolute Gasteiger partial charge is 0.497 e. The monoisotopic (exact) mass is 338 g/mol. The molecule has 2 aromatic carbocycles. The number of fused-ring (bicyclic) bond motifs is 2. The highest BCUT2D eigenvalue weighted by atomic mass is 32.1. The number of ether oxygens (including phenoxy) is 1. The van der Waals surface area contributed by atoms with Gasteiger partial charge in [-0.05, 0) is 60.7 Å². The third-order valence-electron chi connectivity index (χ3n) is 5.00. The van der Waals surface area contributed by atoms with E-state index < -0.39 is 0 Å². The summed E-state index contributed by atoms with van der Waals surface area (Å²) in [5.74, 6) is 0.962. The van der Waals surface area contributed by atoms with Gasteiger partial charge in [-0.15, -0.1) is 11.3 Å². The summed E-state index contributed by atoms with van der Waals surface area (Å²) in [5, 5.41) is 0. The molecule has 3 aromatic rings. The fraction of sp³-hybridized carbons (Fsp3) is 0.350. The molecule has 0 bridgehead atoms. The molecule has 24 heavy (non-hydrogen) atoms. The van der Waals surface area contributed by atoms with Gasteiger partial charge in [-0.25, -0.2) is 4.98 Å². The number of hydrogen-bond donors (Lipinski definition) is 0. The summed E-state index contributed by atoms with van der Waals surface area (Å²) in [7, 11) is 1.74. The highest BCUT2D eigenvalue weighted by Gasteiger charge is 2.21. The number of hydrogen-bond acceptors (Lipinski definition) is 4. The number of methoxy groups -OCH3 is 1. The molecular formula is C20H22N2OS. The summed E-state index contributed by atoms with van der Waals surface area (Å²) in [6.45, 7) is 4.40. The molecule has 1 aliphatic rings. The minimum atomic E-state index is 0.533. The van der Waals surface area contributed by atoms with Crippen molar-refractivity contribution >= 4 is 21.6 Å². The molecule has 2 heterocycles. The molecule has 0 radical (unpaired) electrons. The fourth-order valence-corrected chi connectivity index (χ4v) is 4.22. The average molecular weight is 338 g/mol. The number of thiazole rings is 1. The topological polar surface area (TPSA) is 25.4 Å². The lowest BCUT2D eigenvalue weighted by atomic mass is 10.0. The smallest absolute Gasteiger partial charge is 0.119 e. The summed E-state index contributed by atoms with van der Waals surface area (Å²) in [5.41, 5.74) is 7.28. The van der Waals surface area contributed by atoms with Crippen LogP contribution in [-0.2, 0) is 19.4 Å². The summed E-state index contributed by atoms with van der Waals surface area (Å²) in [6.07, 6.45) is 2.17. The maximum Gasteiger partial charge on any atom is 0.119 e. The van der Waals surface area contributed by atoms with Gasteiger partial charge in [-0.2, -0.15) is 0 Å². The molecular weight excluding hydrogens is 316 g/mol. The van der Waals surface area contributed by atoms with Crippen molar-refractivity contribution in [3.05, 3.63) is 58.6 Å². The lowest BCUT2D eigenvalue weighted by Gasteiger charge is -2.27. The Balaban J connectivity index is 1.54. The van der Waals surface area contributed by atoms with E-state index in [1.807, 2.05) is 5.51 Å². The summed E-state index contributed by atoms with van der Waals surface area (Å²) in [4.78, 5) is 7.03. The lowest BCUT2D eigenvalue weighted by Crippen LogP contribution is -2.33. The van der Waals surface area contributed by atoms with Gasteiger partial charge in [-0.3, -0.25) is 4.90 Å². The first kappa shape index (κ1) is 15.6. The Hall–Kier alpha value is -1.91. The van der Waals surface area contributed by atoms with E-state index in [2.05, 4.69) is 53.2 Å². The van der Waals surface area contributed by atoms with E-state index in [-0.39, 0.29) is 0 Å². The van der Waals surface area contributed by atoms with Crippen LogP contribution in [0.2, 0.25) is 0 Å². The first-order chi connectivity index (χ1) is 11.7. The van der Waals surface area contributed by atoms with Crippen LogP contribution in [0, 0.1) is 0 Å². The molecule has 1 aliphatic heterocycles. The molecule has 4 rings (SSSR count). The summed E-state index contributed by atoms with van der Waals surface area (Å²) < 4.78 is 6.65. The van der Waals surface area contributed by atoms with Crippen LogP contribution in [0.25, 0.3) is 10.2 Å². The number of benzene rings is 2. The Kier molecular flexibility index (Phi) is 4.25. The molecule has 124 valence electrons. The first-order valence-electron chi connectivity index (χ1n) is 8.45. The molecule has 0 saturated carbocycles. The normalized spacial score (nSPS) is 18.3. The Morgan fingerprint density at radius 2 is 2.12 bits per heavy atom. The number of nitrogens with zero attached hydrogens (tertiary/aromatic N) is 2. The maximum absolute atomic E-state index is 5.38. The van der Waals surface area contributed by atoms with Crippen LogP contribution in [0.5, 0.6) is 5.75 Å². The van der Waals surface area contributed by atoms with Crippen molar-refractivity contribution < 1.29 is 4.74 Å². The summed E-state index contributed by atoms with van der Waals surface area (Å²) in [6, 6.07) is 13.7.